The van der Waals surface area contributed by atoms with Crippen molar-refractivity contribution in [2.45, 2.75) is 12.5 Å². The number of para-hydroxylation sites is 1. The summed E-state index contributed by atoms with van der Waals surface area (Å²) in [6, 6.07) is 19.0. The number of hydrogen-bond donors (Lipinski definition) is 2. The molecule has 0 fully saturated rings. The summed E-state index contributed by atoms with van der Waals surface area (Å²) in [5.74, 6) is -0.577. The van der Waals surface area contributed by atoms with Gasteiger partial charge in [-0.15, -0.1) is 0 Å². The van der Waals surface area contributed by atoms with Gasteiger partial charge in [-0.2, -0.15) is 0 Å². The van der Waals surface area contributed by atoms with E-state index >= 15 is 0 Å². The van der Waals surface area contributed by atoms with E-state index in [0.717, 1.165) is 5.56 Å². The Bertz CT molecular complexity index is 1180. The summed E-state index contributed by atoms with van der Waals surface area (Å²) in [7, 11) is 1.49. The summed E-state index contributed by atoms with van der Waals surface area (Å²) in [6.07, 6.45) is 0. The molecule has 2 amide bonds. The molecule has 1 heterocycles. The highest BCUT2D eigenvalue weighted by atomic mass is 35.5. The van der Waals surface area contributed by atoms with Crippen molar-refractivity contribution in [3.8, 4) is 5.75 Å². The van der Waals surface area contributed by atoms with E-state index in [9.17, 15) is 14.7 Å². The molecule has 4 rings (SSSR count). The Morgan fingerprint density at radius 3 is 2.65 bits per heavy atom. The number of hydrogen-bond acceptors (Lipinski definition) is 4. The number of nitrogens with zero attached hydrogens (tertiary/aromatic N) is 1. The van der Waals surface area contributed by atoms with Crippen molar-refractivity contribution in [2.75, 3.05) is 23.9 Å². The Balaban J connectivity index is 1.66. The molecule has 2 N–H and O–H groups in total. The van der Waals surface area contributed by atoms with Crippen LogP contribution in [-0.2, 0) is 15.2 Å². The Morgan fingerprint density at radius 1 is 1.13 bits per heavy atom. The first kappa shape index (κ1) is 20.9. The van der Waals surface area contributed by atoms with Crippen LogP contribution in [0.5, 0.6) is 5.75 Å². The van der Waals surface area contributed by atoms with Crippen LogP contribution < -0.4 is 15.0 Å². The van der Waals surface area contributed by atoms with Crippen LogP contribution in [0.4, 0.5) is 11.4 Å². The number of amides is 2. The largest absolute Gasteiger partial charge is 0.495 e. The standard InChI is InChI=1S/C24H21ClN2O4/c1-15-6-5-7-16(12-15)24(30)18-8-3-4-9-20(18)27(23(24)29)14-22(28)26-19-13-17(25)10-11-21(19)31-2/h3-13,30H,14H2,1-2H3,(H,26,28). The van der Waals surface area contributed by atoms with E-state index in [1.165, 1.54) is 12.0 Å². The number of carbonyl (C=O) groups is 2. The molecule has 0 saturated heterocycles. The molecule has 0 aliphatic carbocycles. The first-order valence-electron chi connectivity index (χ1n) is 9.69. The SMILES string of the molecule is COc1ccc(Cl)cc1NC(=O)CN1C(=O)C(O)(c2cccc(C)c2)c2ccccc21. The van der Waals surface area contributed by atoms with Gasteiger partial charge in [0.05, 0.1) is 18.5 Å². The summed E-state index contributed by atoms with van der Waals surface area (Å²) in [6.45, 7) is 1.61. The van der Waals surface area contributed by atoms with Gasteiger partial charge in [0.15, 0.2) is 5.60 Å². The highest BCUT2D eigenvalue weighted by Crippen LogP contribution is 2.44. The topological polar surface area (TPSA) is 78.9 Å². The second-order valence-electron chi connectivity index (χ2n) is 7.38. The maximum absolute atomic E-state index is 13.4. The molecular formula is C24H21ClN2O4. The molecule has 158 valence electrons. The Labute approximate surface area is 185 Å². The Kier molecular flexibility index (Phi) is 5.43. The lowest BCUT2D eigenvalue weighted by atomic mass is 9.87. The molecule has 1 aliphatic heterocycles. The van der Waals surface area contributed by atoms with Crippen molar-refractivity contribution in [1.29, 1.82) is 0 Å². The van der Waals surface area contributed by atoms with Crippen LogP contribution in [0.3, 0.4) is 0 Å². The van der Waals surface area contributed by atoms with Crippen molar-refractivity contribution in [2.24, 2.45) is 0 Å². The molecule has 1 aliphatic rings. The van der Waals surface area contributed by atoms with E-state index < -0.39 is 17.4 Å². The number of nitrogens with one attached hydrogen (secondary N) is 1. The molecule has 7 heteroatoms. The van der Waals surface area contributed by atoms with Crippen LogP contribution in [0, 0.1) is 6.92 Å². The highest BCUT2D eigenvalue weighted by molar-refractivity contribution is 6.31. The van der Waals surface area contributed by atoms with Gasteiger partial charge in [0, 0.05) is 10.6 Å². The van der Waals surface area contributed by atoms with E-state index in [4.69, 9.17) is 16.3 Å². The molecule has 0 radical (unpaired) electrons. The lowest BCUT2D eigenvalue weighted by molar-refractivity contribution is -0.133. The number of halogens is 1. The number of aryl methyl sites for hydroxylation is 1. The minimum Gasteiger partial charge on any atom is -0.495 e. The van der Waals surface area contributed by atoms with Gasteiger partial charge < -0.3 is 15.2 Å². The van der Waals surface area contributed by atoms with Crippen molar-refractivity contribution in [3.05, 3.63) is 88.4 Å². The predicted molar refractivity (Wildman–Crippen MR) is 120 cm³/mol. The fraction of sp³-hybridized carbons (Fsp3) is 0.167. The summed E-state index contributed by atoms with van der Waals surface area (Å²) in [5.41, 5.74) is 0.846. The molecule has 3 aromatic rings. The third-order valence-electron chi connectivity index (χ3n) is 5.31. The van der Waals surface area contributed by atoms with Gasteiger partial charge in [0.2, 0.25) is 5.91 Å². The summed E-state index contributed by atoms with van der Waals surface area (Å²) < 4.78 is 5.26. The summed E-state index contributed by atoms with van der Waals surface area (Å²) in [5, 5.41) is 14.7. The molecule has 3 aromatic carbocycles. The van der Waals surface area contributed by atoms with E-state index in [2.05, 4.69) is 5.32 Å². The fourth-order valence-corrected chi connectivity index (χ4v) is 4.02. The van der Waals surface area contributed by atoms with E-state index in [0.29, 0.717) is 33.3 Å². The lowest BCUT2D eigenvalue weighted by Crippen LogP contribution is -2.44. The van der Waals surface area contributed by atoms with E-state index in [1.807, 2.05) is 13.0 Å². The van der Waals surface area contributed by atoms with Gasteiger partial charge in [-0.3, -0.25) is 14.5 Å². The zero-order valence-corrected chi connectivity index (χ0v) is 17.8. The first-order chi connectivity index (χ1) is 14.8. The van der Waals surface area contributed by atoms with Crippen molar-refractivity contribution < 1.29 is 19.4 Å². The summed E-state index contributed by atoms with van der Waals surface area (Å²) in [4.78, 5) is 27.5. The molecule has 0 aromatic heterocycles. The van der Waals surface area contributed by atoms with Gasteiger partial charge in [0.25, 0.3) is 5.91 Å². The van der Waals surface area contributed by atoms with Gasteiger partial charge in [-0.05, 0) is 36.8 Å². The molecule has 0 saturated carbocycles. The smallest absolute Gasteiger partial charge is 0.268 e. The second kappa shape index (κ2) is 8.06. The molecule has 31 heavy (non-hydrogen) atoms. The van der Waals surface area contributed by atoms with Gasteiger partial charge in [0.1, 0.15) is 12.3 Å². The third kappa shape index (κ3) is 3.65. The number of methoxy groups -OCH3 is 1. The molecule has 1 atom stereocenters. The second-order valence-corrected chi connectivity index (χ2v) is 7.82. The van der Waals surface area contributed by atoms with Crippen LogP contribution in [0.2, 0.25) is 5.02 Å². The molecular weight excluding hydrogens is 416 g/mol. The van der Waals surface area contributed by atoms with Gasteiger partial charge in [-0.25, -0.2) is 0 Å². The number of fused-ring (bicyclic) bond motifs is 1. The highest BCUT2D eigenvalue weighted by Gasteiger charge is 2.51. The van der Waals surface area contributed by atoms with E-state index in [1.54, 1.807) is 60.7 Å². The monoisotopic (exact) mass is 436 g/mol. The molecule has 0 bridgehead atoms. The van der Waals surface area contributed by atoms with Gasteiger partial charge in [-0.1, -0.05) is 59.6 Å². The predicted octanol–water partition coefficient (Wildman–Crippen LogP) is 3.88. The average Bonchev–Trinajstić information content (AvgIpc) is 2.97. The van der Waals surface area contributed by atoms with Crippen molar-refractivity contribution in [1.82, 2.24) is 0 Å². The van der Waals surface area contributed by atoms with Crippen molar-refractivity contribution >= 4 is 34.8 Å². The van der Waals surface area contributed by atoms with Crippen LogP contribution in [0.15, 0.2) is 66.7 Å². The number of ether oxygens (including phenoxy) is 1. The number of rotatable bonds is 5. The van der Waals surface area contributed by atoms with Crippen LogP contribution in [-0.4, -0.2) is 30.6 Å². The zero-order valence-electron chi connectivity index (χ0n) is 17.1. The molecule has 6 nitrogen and oxygen atoms in total. The summed E-state index contributed by atoms with van der Waals surface area (Å²) >= 11 is 6.03. The minimum absolute atomic E-state index is 0.278. The number of carbonyl (C=O) groups excluding carboxylic acids is 2. The van der Waals surface area contributed by atoms with Crippen LogP contribution in [0.25, 0.3) is 0 Å². The average molecular weight is 437 g/mol. The third-order valence-corrected chi connectivity index (χ3v) is 5.55. The maximum Gasteiger partial charge on any atom is 0.268 e. The Morgan fingerprint density at radius 2 is 1.90 bits per heavy atom. The van der Waals surface area contributed by atoms with Crippen molar-refractivity contribution in [3.63, 3.8) is 0 Å². The number of benzene rings is 3. The number of anilines is 2. The molecule has 1 unspecified atom stereocenters. The molecule has 0 spiro atoms. The van der Waals surface area contributed by atoms with Crippen LogP contribution in [0.1, 0.15) is 16.7 Å². The number of aliphatic hydroxyl groups is 1. The van der Waals surface area contributed by atoms with Gasteiger partial charge >= 0.3 is 0 Å². The quantitative estimate of drug-likeness (QED) is 0.636. The normalized spacial score (nSPS) is 17.4. The lowest BCUT2D eigenvalue weighted by Gasteiger charge is -2.24. The first-order valence-corrected chi connectivity index (χ1v) is 10.1. The van der Waals surface area contributed by atoms with E-state index in [-0.39, 0.29) is 6.54 Å². The maximum atomic E-state index is 13.4. The fourth-order valence-electron chi connectivity index (χ4n) is 3.85. The van der Waals surface area contributed by atoms with Crippen LogP contribution >= 0.6 is 11.6 Å². The minimum atomic E-state index is -1.86. The Hall–Kier alpha value is -3.35. The zero-order chi connectivity index (χ0) is 22.2.